The molecule has 6 nitrogen and oxygen atoms in total. The maximum absolute atomic E-state index is 11.3. The highest BCUT2D eigenvalue weighted by Crippen LogP contribution is 2.31. The van der Waals surface area contributed by atoms with Gasteiger partial charge in [-0.05, 0) is 37.8 Å². The largest absolute Gasteiger partial charge is 0.389 e. The first-order valence-corrected chi connectivity index (χ1v) is 7.28. The predicted molar refractivity (Wildman–Crippen MR) is 80.6 cm³/mol. The van der Waals surface area contributed by atoms with E-state index in [1.165, 1.54) is 6.07 Å². The average Bonchev–Trinajstić information content (AvgIpc) is 2.47. The van der Waals surface area contributed by atoms with E-state index in [4.69, 9.17) is 4.74 Å². The maximum atomic E-state index is 11.3. The Bertz CT molecular complexity index is 498. The fourth-order valence-corrected chi connectivity index (χ4v) is 2.62. The molecule has 1 aliphatic heterocycles. The van der Waals surface area contributed by atoms with Crippen molar-refractivity contribution in [3.8, 4) is 0 Å². The van der Waals surface area contributed by atoms with Gasteiger partial charge in [0.1, 0.15) is 5.69 Å². The third-order valence-electron chi connectivity index (χ3n) is 3.84. The van der Waals surface area contributed by atoms with E-state index in [1.807, 2.05) is 11.9 Å². The van der Waals surface area contributed by atoms with Crippen LogP contribution in [0.15, 0.2) is 18.2 Å². The van der Waals surface area contributed by atoms with Gasteiger partial charge in [-0.2, -0.15) is 0 Å². The number of nitro groups is 1. The van der Waals surface area contributed by atoms with Crippen molar-refractivity contribution in [2.24, 2.45) is 0 Å². The molecule has 1 saturated heterocycles. The molecule has 0 bridgehead atoms. The molecule has 0 spiro atoms. The van der Waals surface area contributed by atoms with E-state index in [0.29, 0.717) is 17.8 Å². The van der Waals surface area contributed by atoms with Gasteiger partial charge in [0.15, 0.2) is 0 Å². The third kappa shape index (κ3) is 3.92. The van der Waals surface area contributed by atoms with Crippen LogP contribution in [0.25, 0.3) is 0 Å². The standard InChI is InChI=1S/C15H22N2O4/c1-11(18)12-6-7-14(15(9-12)17(19)20)16(2)10-13-5-3-4-8-21-13/h6-7,9,11,13,18H,3-5,8,10H2,1-2H3. The molecular formula is C15H22N2O4. The van der Waals surface area contributed by atoms with Gasteiger partial charge in [-0.25, -0.2) is 0 Å². The summed E-state index contributed by atoms with van der Waals surface area (Å²) in [5.41, 5.74) is 1.12. The van der Waals surface area contributed by atoms with E-state index in [2.05, 4.69) is 0 Å². The summed E-state index contributed by atoms with van der Waals surface area (Å²) < 4.78 is 5.68. The van der Waals surface area contributed by atoms with Crippen LogP contribution in [0.5, 0.6) is 0 Å². The third-order valence-corrected chi connectivity index (χ3v) is 3.84. The van der Waals surface area contributed by atoms with Gasteiger partial charge in [-0.15, -0.1) is 0 Å². The Labute approximate surface area is 124 Å². The van der Waals surface area contributed by atoms with Gasteiger partial charge in [0.2, 0.25) is 0 Å². The van der Waals surface area contributed by atoms with Crippen molar-refractivity contribution in [1.82, 2.24) is 0 Å². The first-order valence-electron chi connectivity index (χ1n) is 7.28. The second-order valence-electron chi connectivity index (χ2n) is 5.55. The van der Waals surface area contributed by atoms with Crippen molar-refractivity contribution in [3.63, 3.8) is 0 Å². The van der Waals surface area contributed by atoms with Crippen molar-refractivity contribution >= 4 is 11.4 Å². The number of rotatable bonds is 5. The van der Waals surface area contributed by atoms with Gasteiger partial charge in [-0.1, -0.05) is 6.07 Å². The number of nitro benzene ring substituents is 1. The van der Waals surface area contributed by atoms with E-state index in [9.17, 15) is 15.2 Å². The van der Waals surface area contributed by atoms with Crippen LogP contribution in [-0.4, -0.2) is 36.3 Å². The number of benzene rings is 1. The van der Waals surface area contributed by atoms with Crippen molar-refractivity contribution in [2.45, 2.75) is 38.4 Å². The molecule has 2 unspecified atom stereocenters. The van der Waals surface area contributed by atoms with Gasteiger partial charge >= 0.3 is 0 Å². The molecule has 0 amide bonds. The van der Waals surface area contributed by atoms with Crippen LogP contribution in [0.2, 0.25) is 0 Å². The molecular weight excluding hydrogens is 272 g/mol. The lowest BCUT2D eigenvalue weighted by molar-refractivity contribution is -0.384. The SMILES string of the molecule is CC(O)c1ccc(N(C)CC2CCCCO2)c([N+](=O)[O-])c1. The lowest BCUT2D eigenvalue weighted by Gasteiger charge is -2.28. The minimum Gasteiger partial charge on any atom is -0.389 e. The van der Waals surface area contributed by atoms with Crippen LogP contribution in [0.3, 0.4) is 0 Å². The monoisotopic (exact) mass is 294 g/mol. The van der Waals surface area contributed by atoms with Gasteiger partial charge in [0, 0.05) is 26.3 Å². The number of likely N-dealkylation sites (N-methyl/N-ethyl adjacent to an activating group) is 1. The molecule has 2 atom stereocenters. The van der Waals surface area contributed by atoms with Gasteiger partial charge < -0.3 is 14.7 Å². The quantitative estimate of drug-likeness (QED) is 0.667. The van der Waals surface area contributed by atoms with E-state index >= 15 is 0 Å². The van der Waals surface area contributed by atoms with Crippen molar-refractivity contribution in [3.05, 3.63) is 33.9 Å². The summed E-state index contributed by atoms with van der Waals surface area (Å²) in [4.78, 5) is 12.7. The average molecular weight is 294 g/mol. The Morgan fingerprint density at radius 1 is 1.52 bits per heavy atom. The second kappa shape index (κ2) is 6.87. The molecule has 0 aliphatic carbocycles. The topological polar surface area (TPSA) is 75.8 Å². The van der Waals surface area contributed by atoms with Crippen molar-refractivity contribution in [1.29, 1.82) is 0 Å². The Morgan fingerprint density at radius 3 is 2.86 bits per heavy atom. The van der Waals surface area contributed by atoms with E-state index in [0.717, 1.165) is 25.9 Å². The molecule has 1 heterocycles. The van der Waals surface area contributed by atoms with Gasteiger partial charge in [0.05, 0.1) is 17.1 Å². The van der Waals surface area contributed by atoms with E-state index in [-0.39, 0.29) is 11.8 Å². The van der Waals surface area contributed by atoms with Crippen LogP contribution in [0, 0.1) is 10.1 Å². The van der Waals surface area contributed by atoms with Gasteiger partial charge in [-0.3, -0.25) is 10.1 Å². The number of hydrogen-bond acceptors (Lipinski definition) is 5. The Balaban J connectivity index is 2.18. The minimum atomic E-state index is -0.718. The molecule has 1 aliphatic rings. The Morgan fingerprint density at radius 2 is 2.29 bits per heavy atom. The Kier molecular flexibility index (Phi) is 5.14. The number of ether oxygens (including phenoxy) is 1. The normalized spacial score (nSPS) is 20.0. The summed E-state index contributed by atoms with van der Waals surface area (Å²) in [6.07, 6.45) is 2.62. The molecule has 0 aromatic heterocycles. The zero-order valence-electron chi connectivity index (χ0n) is 12.5. The van der Waals surface area contributed by atoms with Crippen LogP contribution < -0.4 is 4.90 Å². The summed E-state index contributed by atoms with van der Waals surface area (Å²) >= 11 is 0. The summed E-state index contributed by atoms with van der Waals surface area (Å²) in [5.74, 6) is 0. The highest BCUT2D eigenvalue weighted by atomic mass is 16.6. The number of anilines is 1. The van der Waals surface area contributed by atoms with Crippen LogP contribution >= 0.6 is 0 Å². The molecule has 1 aromatic carbocycles. The molecule has 6 heteroatoms. The zero-order valence-corrected chi connectivity index (χ0v) is 12.5. The lowest BCUT2D eigenvalue weighted by atomic mass is 10.1. The van der Waals surface area contributed by atoms with Gasteiger partial charge in [0.25, 0.3) is 5.69 Å². The molecule has 1 N–H and O–H groups in total. The van der Waals surface area contributed by atoms with Crippen LogP contribution in [-0.2, 0) is 4.74 Å². The molecule has 1 aromatic rings. The number of hydrogen-bond donors (Lipinski definition) is 1. The second-order valence-corrected chi connectivity index (χ2v) is 5.55. The highest BCUT2D eigenvalue weighted by molar-refractivity contribution is 5.64. The summed E-state index contributed by atoms with van der Waals surface area (Å²) in [5, 5.41) is 20.8. The molecule has 21 heavy (non-hydrogen) atoms. The first kappa shape index (κ1) is 15.7. The van der Waals surface area contributed by atoms with Crippen LogP contribution in [0.1, 0.15) is 37.9 Å². The molecule has 0 saturated carbocycles. The van der Waals surface area contributed by atoms with Crippen LogP contribution in [0.4, 0.5) is 11.4 Å². The van der Waals surface area contributed by atoms with Crippen molar-refractivity contribution < 1.29 is 14.8 Å². The summed E-state index contributed by atoms with van der Waals surface area (Å²) in [7, 11) is 1.84. The molecule has 2 rings (SSSR count). The number of nitrogens with zero attached hydrogens (tertiary/aromatic N) is 2. The first-order chi connectivity index (χ1) is 9.99. The molecule has 116 valence electrons. The Hall–Kier alpha value is -1.66. The fraction of sp³-hybridized carbons (Fsp3) is 0.600. The predicted octanol–water partition coefficient (Wildman–Crippen LogP) is 2.65. The smallest absolute Gasteiger partial charge is 0.292 e. The maximum Gasteiger partial charge on any atom is 0.292 e. The zero-order chi connectivity index (χ0) is 15.4. The van der Waals surface area contributed by atoms with E-state index < -0.39 is 11.0 Å². The van der Waals surface area contributed by atoms with Crippen molar-refractivity contribution in [2.75, 3.05) is 25.1 Å². The summed E-state index contributed by atoms with van der Waals surface area (Å²) in [6, 6.07) is 4.87. The number of aliphatic hydroxyl groups is 1. The van der Waals surface area contributed by atoms with E-state index in [1.54, 1.807) is 19.1 Å². The highest BCUT2D eigenvalue weighted by Gasteiger charge is 2.22. The minimum absolute atomic E-state index is 0.0201. The molecule has 1 fully saturated rings. The molecule has 0 radical (unpaired) electrons. The number of aliphatic hydroxyl groups excluding tert-OH is 1. The lowest BCUT2D eigenvalue weighted by Crippen LogP contribution is -2.33. The summed E-state index contributed by atoms with van der Waals surface area (Å²) in [6.45, 7) is 2.99. The fourth-order valence-electron chi connectivity index (χ4n) is 2.62.